The predicted molar refractivity (Wildman–Crippen MR) is 87.4 cm³/mol. The van der Waals surface area contributed by atoms with Crippen LogP contribution in [-0.2, 0) is 11.4 Å². The average Bonchev–Trinajstić information content (AvgIpc) is 3.05. The van der Waals surface area contributed by atoms with Crippen molar-refractivity contribution < 1.29 is 13.9 Å². The molecule has 0 bridgehead atoms. The first-order valence-electron chi connectivity index (χ1n) is 7.67. The SMILES string of the molecule is CC(=O)[C@@H]1CCC(c2ccc(OCc3ccccc3F)cc2)=N1. The summed E-state index contributed by atoms with van der Waals surface area (Å²) in [5.74, 6) is 0.531. The van der Waals surface area contributed by atoms with Crippen molar-refractivity contribution in [3.8, 4) is 5.75 Å². The monoisotopic (exact) mass is 311 g/mol. The largest absolute Gasteiger partial charge is 0.489 e. The lowest BCUT2D eigenvalue weighted by Crippen LogP contribution is -2.10. The number of halogens is 1. The summed E-state index contributed by atoms with van der Waals surface area (Å²) in [4.78, 5) is 15.8. The topological polar surface area (TPSA) is 38.7 Å². The molecule has 0 radical (unpaired) electrons. The lowest BCUT2D eigenvalue weighted by atomic mass is 10.1. The van der Waals surface area contributed by atoms with Crippen LogP contribution in [0.3, 0.4) is 0 Å². The molecule has 1 aliphatic heterocycles. The molecule has 118 valence electrons. The fourth-order valence-electron chi connectivity index (χ4n) is 2.62. The predicted octanol–water partition coefficient (Wildman–Crippen LogP) is 3.95. The zero-order chi connectivity index (χ0) is 16.2. The highest BCUT2D eigenvalue weighted by Gasteiger charge is 2.21. The highest BCUT2D eigenvalue weighted by Crippen LogP contribution is 2.22. The zero-order valence-electron chi connectivity index (χ0n) is 13.0. The number of aliphatic imine (C=N–C) groups is 1. The molecular formula is C19H18FNO2. The minimum Gasteiger partial charge on any atom is -0.489 e. The smallest absolute Gasteiger partial charge is 0.154 e. The van der Waals surface area contributed by atoms with Crippen molar-refractivity contribution in [2.24, 2.45) is 4.99 Å². The Morgan fingerprint density at radius 1 is 1.22 bits per heavy atom. The van der Waals surface area contributed by atoms with E-state index in [9.17, 15) is 9.18 Å². The fourth-order valence-corrected chi connectivity index (χ4v) is 2.62. The van der Waals surface area contributed by atoms with Crippen LogP contribution in [-0.4, -0.2) is 17.5 Å². The Kier molecular flexibility index (Phi) is 4.51. The van der Waals surface area contributed by atoms with E-state index in [0.717, 1.165) is 24.1 Å². The minimum atomic E-state index is -0.264. The third kappa shape index (κ3) is 3.65. The van der Waals surface area contributed by atoms with Crippen LogP contribution < -0.4 is 4.74 Å². The minimum absolute atomic E-state index is 0.116. The van der Waals surface area contributed by atoms with Gasteiger partial charge in [-0.3, -0.25) is 9.79 Å². The Morgan fingerprint density at radius 3 is 2.61 bits per heavy atom. The number of ketones is 1. The maximum Gasteiger partial charge on any atom is 0.154 e. The van der Waals surface area contributed by atoms with Gasteiger partial charge in [0.25, 0.3) is 0 Å². The summed E-state index contributed by atoms with van der Waals surface area (Å²) in [5, 5.41) is 0. The second-order valence-electron chi connectivity index (χ2n) is 5.65. The molecule has 0 saturated heterocycles. The molecule has 0 saturated carbocycles. The first kappa shape index (κ1) is 15.4. The second kappa shape index (κ2) is 6.73. The summed E-state index contributed by atoms with van der Waals surface area (Å²) in [6.07, 6.45) is 1.61. The normalized spacial score (nSPS) is 17.0. The van der Waals surface area contributed by atoms with Gasteiger partial charge in [0.15, 0.2) is 5.78 Å². The standard InChI is InChI=1S/C19H18FNO2/c1-13(22)18-10-11-19(21-18)14-6-8-16(9-7-14)23-12-15-4-2-3-5-17(15)20/h2-9,18H,10-12H2,1H3/t18-/m0/s1. The number of hydrogen-bond acceptors (Lipinski definition) is 3. The third-order valence-electron chi connectivity index (χ3n) is 3.98. The maximum absolute atomic E-state index is 13.5. The summed E-state index contributed by atoms with van der Waals surface area (Å²) < 4.78 is 19.2. The summed E-state index contributed by atoms with van der Waals surface area (Å²) in [7, 11) is 0. The van der Waals surface area contributed by atoms with E-state index in [0.29, 0.717) is 11.3 Å². The van der Waals surface area contributed by atoms with Crippen LogP contribution in [0.4, 0.5) is 4.39 Å². The van der Waals surface area contributed by atoms with Gasteiger partial charge in [-0.1, -0.05) is 18.2 Å². The van der Waals surface area contributed by atoms with Gasteiger partial charge >= 0.3 is 0 Å². The number of benzene rings is 2. The number of Topliss-reactive ketones (excluding diaryl/α,β-unsaturated/α-hetero) is 1. The van der Waals surface area contributed by atoms with Crippen molar-refractivity contribution in [3.63, 3.8) is 0 Å². The molecule has 0 fully saturated rings. The number of carbonyl (C=O) groups excluding carboxylic acids is 1. The molecule has 0 aromatic heterocycles. The molecule has 2 aromatic carbocycles. The van der Waals surface area contributed by atoms with E-state index in [2.05, 4.69) is 4.99 Å². The number of hydrogen-bond donors (Lipinski definition) is 0. The second-order valence-corrected chi connectivity index (χ2v) is 5.65. The van der Waals surface area contributed by atoms with Crippen molar-refractivity contribution in [2.45, 2.75) is 32.4 Å². The Morgan fingerprint density at radius 2 is 1.96 bits per heavy atom. The maximum atomic E-state index is 13.5. The van der Waals surface area contributed by atoms with Crippen LogP contribution in [0.2, 0.25) is 0 Å². The molecule has 1 aliphatic rings. The number of ether oxygens (including phenoxy) is 1. The fraction of sp³-hybridized carbons (Fsp3) is 0.263. The van der Waals surface area contributed by atoms with Crippen LogP contribution in [0, 0.1) is 5.82 Å². The van der Waals surface area contributed by atoms with Gasteiger partial charge in [0, 0.05) is 11.3 Å². The van der Waals surface area contributed by atoms with Gasteiger partial charge in [-0.25, -0.2) is 4.39 Å². The van der Waals surface area contributed by atoms with Crippen molar-refractivity contribution in [1.29, 1.82) is 0 Å². The molecule has 2 aromatic rings. The number of rotatable bonds is 5. The van der Waals surface area contributed by atoms with E-state index in [4.69, 9.17) is 4.74 Å². The zero-order valence-corrected chi connectivity index (χ0v) is 13.0. The number of nitrogens with zero attached hydrogens (tertiary/aromatic N) is 1. The van der Waals surface area contributed by atoms with Crippen LogP contribution in [0.25, 0.3) is 0 Å². The Bertz CT molecular complexity index is 737. The Labute approximate surface area is 134 Å². The van der Waals surface area contributed by atoms with E-state index in [-0.39, 0.29) is 24.2 Å². The van der Waals surface area contributed by atoms with Gasteiger partial charge in [-0.05, 0) is 55.7 Å². The number of carbonyl (C=O) groups is 1. The quantitative estimate of drug-likeness (QED) is 0.839. The van der Waals surface area contributed by atoms with Crippen LogP contribution in [0.1, 0.15) is 30.9 Å². The first-order chi connectivity index (χ1) is 11.1. The van der Waals surface area contributed by atoms with E-state index >= 15 is 0 Å². The molecule has 0 amide bonds. The molecule has 23 heavy (non-hydrogen) atoms. The molecule has 3 rings (SSSR count). The van der Waals surface area contributed by atoms with Gasteiger partial charge in [-0.2, -0.15) is 0 Å². The molecule has 1 heterocycles. The van der Waals surface area contributed by atoms with Gasteiger partial charge in [0.05, 0.1) is 0 Å². The Balaban J connectivity index is 1.65. The van der Waals surface area contributed by atoms with Gasteiger partial charge in [0.1, 0.15) is 24.2 Å². The van der Waals surface area contributed by atoms with E-state index in [1.54, 1.807) is 25.1 Å². The van der Waals surface area contributed by atoms with E-state index < -0.39 is 0 Å². The Hall–Kier alpha value is -2.49. The summed E-state index contributed by atoms with van der Waals surface area (Å²) in [6.45, 7) is 1.77. The molecule has 3 nitrogen and oxygen atoms in total. The molecular weight excluding hydrogens is 293 g/mol. The summed E-state index contributed by atoms with van der Waals surface area (Å²) >= 11 is 0. The molecule has 4 heteroatoms. The summed E-state index contributed by atoms with van der Waals surface area (Å²) in [5.41, 5.74) is 2.50. The van der Waals surface area contributed by atoms with E-state index in [1.165, 1.54) is 6.07 Å². The molecule has 0 spiro atoms. The average molecular weight is 311 g/mol. The third-order valence-corrected chi connectivity index (χ3v) is 3.98. The highest BCUT2D eigenvalue weighted by atomic mass is 19.1. The van der Waals surface area contributed by atoms with Crippen molar-refractivity contribution >= 4 is 11.5 Å². The van der Waals surface area contributed by atoms with E-state index in [1.807, 2.05) is 24.3 Å². The van der Waals surface area contributed by atoms with Crippen molar-refractivity contribution in [3.05, 3.63) is 65.5 Å². The molecule has 0 N–H and O–H groups in total. The molecule has 1 atom stereocenters. The lowest BCUT2D eigenvalue weighted by molar-refractivity contribution is -0.118. The lowest BCUT2D eigenvalue weighted by Gasteiger charge is -2.08. The van der Waals surface area contributed by atoms with Crippen LogP contribution in [0.5, 0.6) is 5.75 Å². The van der Waals surface area contributed by atoms with Crippen molar-refractivity contribution in [1.82, 2.24) is 0 Å². The van der Waals surface area contributed by atoms with Crippen molar-refractivity contribution in [2.75, 3.05) is 0 Å². The highest BCUT2D eigenvalue weighted by molar-refractivity contribution is 6.04. The van der Waals surface area contributed by atoms with Crippen LogP contribution in [0.15, 0.2) is 53.5 Å². The molecule has 0 aliphatic carbocycles. The first-order valence-corrected chi connectivity index (χ1v) is 7.67. The van der Waals surface area contributed by atoms with Gasteiger partial charge < -0.3 is 4.74 Å². The van der Waals surface area contributed by atoms with Crippen LogP contribution >= 0.6 is 0 Å². The van der Waals surface area contributed by atoms with Gasteiger partial charge in [-0.15, -0.1) is 0 Å². The molecule has 0 unspecified atom stereocenters. The summed E-state index contributed by atoms with van der Waals surface area (Å²) in [6, 6.07) is 13.9. The van der Waals surface area contributed by atoms with Gasteiger partial charge in [0.2, 0.25) is 0 Å².